The van der Waals surface area contributed by atoms with Gasteiger partial charge in [-0.15, -0.1) is 10.2 Å². The monoisotopic (exact) mass is 226 g/mol. The van der Waals surface area contributed by atoms with Crippen LogP contribution in [0.1, 0.15) is 12.5 Å². The van der Waals surface area contributed by atoms with E-state index in [0.29, 0.717) is 19.5 Å². The molecule has 0 spiro atoms. The van der Waals surface area contributed by atoms with Crippen molar-refractivity contribution in [1.82, 2.24) is 25.5 Å². The van der Waals surface area contributed by atoms with Crippen LogP contribution >= 0.6 is 0 Å². The number of carbonyl (C=O) groups excluding carboxylic acids is 1. The fourth-order valence-corrected chi connectivity index (χ4v) is 1.89. The first-order chi connectivity index (χ1) is 7.68. The van der Waals surface area contributed by atoms with Crippen LogP contribution in [-0.2, 0) is 4.79 Å². The molecule has 0 saturated carbocycles. The molecule has 0 bridgehead atoms. The van der Waals surface area contributed by atoms with Crippen molar-refractivity contribution < 1.29 is 9.90 Å². The van der Waals surface area contributed by atoms with Crippen LogP contribution in [0.4, 0.5) is 0 Å². The fraction of sp³-hybridized carbons (Fsp3) is 0.750. The van der Waals surface area contributed by atoms with Gasteiger partial charge < -0.3 is 16.2 Å². The van der Waals surface area contributed by atoms with Crippen molar-refractivity contribution in [2.24, 2.45) is 11.7 Å². The Labute approximate surface area is 91.8 Å². The molecule has 0 radical (unpaired) electrons. The number of tetrazole rings is 1. The molecule has 8 nitrogen and oxygen atoms in total. The minimum atomic E-state index is -0.651. The summed E-state index contributed by atoms with van der Waals surface area (Å²) >= 11 is 0. The Kier molecular flexibility index (Phi) is 3.11. The molecular weight excluding hydrogens is 212 g/mol. The number of hydrogen-bond donors (Lipinski definition) is 3. The van der Waals surface area contributed by atoms with Crippen LogP contribution in [0, 0.1) is 5.92 Å². The van der Waals surface area contributed by atoms with E-state index in [1.54, 1.807) is 0 Å². The van der Waals surface area contributed by atoms with E-state index in [1.165, 1.54) is 11.1 Å². The first kappa shape index (κ1) is 11.0. The number of amides is 1. The van der Waals surface area contributed by atoms with Crippen molar-refractivity contribution in [3.05, 3.63) is 6.33 Å². The normalized spacial score (nSPS) is 26.8. The number of aromatic nitrogens is 4. The topological polar surface area (TPSA) is 119 Å². The number of nitrogens with one attached hydrogen (secondary N) is 1. The maximum absolute atomic E-state index is 11.3. The maximum Gasteiger partial charge on any atom is 0.244 e. The Hall–Kier alpha value is -1.54. The van der Waals surface area contributed by atoms with Gasteiger partial charge in [0.05, 0.1) is 6.10 Å². The van der Waals surface area contributed by atoms with E-state index in [0.717, 1.165) is 0 Å². The summed E-state index contributed by atoms with van der Waals surface area (Å²) in [5.74, 6) is -0.527. The van der Waals surface area contributed by atoms with E-state index >= 15 is 0 Å². The Morgan fingerprint density at radius 2 is 2.50 bits per heavy atom. The van der Waals surface area contributed by atoms with Gasteiger partial charge in [0, 0.05) is 19.0 Å². The lowest BCUT2D eigenvalue weighted by atomic mass is 9.97. The third-order valence-corrected chi connectivity index (χ3v) is 2.80. The molecule has 8 heteroatoms. The van der Waals surface area contributed by atoms with Gasteiger partial charge in [0.15, 0.2) is 12.4 Å². The van der Waals surface area contributed by atoms with Gasteiger partial charge in [0.2, 0.25) is 5.91 Å². The second-order valence-corrected chi connectivity index (χ2v) is 3.90. The van der Waals surface area contributed by atoms with Crippen molar-refractivity contribution >= 4 is 5.91 Å². The summed E-state index contributed by atoms with van der Waals surface area (Å²) in [4.78, 5) is 12.5. The quantitative estimate of drug-likeness (QED) is 0.530. The summed E-state index contributed by atoms with van der Waals surface area (Å²) in [5, 5.41) is 23.7. The van der Waals surface area contributed by atoms with Crippen molar-refractivity contribution in [1.29, 1.82) is 0 Å². The number of nitrogens with zero attached hydrogens (tertiary/aromatic N) is 4. The van der Waals surface area contributed by atoms with Crippen LogP contribution < -0.4 is 11.1 Å². The standard InChI is InChI=1S/C8H14N6O2/c9-8(16)6(14-12-4-11-13-14)1-5-2-10-3-7(5)15/h4-7,10,15H,1-3H2,(H2,9,16)/t5-,6?,7+/m0/s1. The average molecular weight is 226 g/mol. The molecule has 2 heterocycles. The highest BCUT2D eigenvalue weighted by Crippen LogP contribution is 2.21. The molecule has 0 aliphatic carbocycles. The van der Waals surface area contributed by atoms with Gasteiger partial charge in [0.25, 0.3) is 0 Å². The summed E-state index contributed by atoms with van der Waals surface area (Å²) in [5.41, 5.74) is 5.28. The van der Waals surface area contributed by atoms with Crippen molar-refractivity contribution in [3.63, 3.8) is 0 Å². The molecule has 1 saturated heterocycles. The predicted molar refractivity (Wildman–Crippen MR) is 53.0 cm³/mol. The maximum atomic E-state index is 11.3. The summed E-state index contributed by atoms with van der Waals surface area (Å²) in [6.45, 7) is 1.21. The van der Waals surface area contributed by atoms with Gasteiger partial charge in [-0.1, -0.05) is 0 Å². The van der Waals surface area contributed by atoms with Gasteiger partial charge in [-0.25, -0.2) is 0 Å². The molecule has 1 aromatic rings. The Morgan fingerprint density at radius 3 is 3.00 bits per heavy atom. The van der Waals surface area contributed by atoms with E-state index < -0.39 is 18.1 Å². The molecule has 0 aromatic carbocycles. The highest BCUT2D eigenvalue weighted by molar-refractivity contribution is 5.78. The lowest BCUT2D eigenvalue weighted by Gasteiger charge is -2.18. The largest absolute Gasteiger partial charge is 0.391 e. The van der Waals surface area contributed by atoms with Crippen molar-refractivity contribution in [2.45, 2.75) is 18.6 Å². The van der Waals surface area contributed by atoms with E-state index in [9.17, 15) is 9.90 Å². The summed E-state index contributed by atoms with van der Waals surface area (Å²) in [7, 11) is 0. The molecule has 1 aromatic heterocycles. The molecule has 88 valence electrons. The Morgan fingerprint density at radius 1 is 1.69 bits per heavy atom. The number of hydrogen-bond acceptors (Lipinski definition) is 6. The second-order valence-electron chi connectivity index (χ2n) is 3.90. The molecule has 2 rings (SSSR count). The Balaban J connectivity index is 2.06. The molecule has 1 amide bonds. The smallest absolute Gasteiger partial charge is 0.244 e. The molecule has 16 heavy (non-hydrogen) atoms. The van der Waals surface area contributed by atoms with E-state index in [1.807, 2.05) is 0 Å². The molecular formula is C8H14N6O2. The second kappa shape index (κ2) is 4.54. The zero-order valence-corrected chi connectivity index (χ0v) is 8.65. The van der Waals surface area contributed by atoms with E-state index in [-0.39, 0.29) is 5.92 Å². The number of aliphatic hydroxyl groups excluding tert-OH is 1. The number of nitrogens with two attached hydrogens (primary N) is 1. The molecule has 1 aliphatic heterocycles. The highest BCUT2D eigenvalue weighted by Gasteiger charge is 2.31. The summed E-state index contributed by atoms with van der Waals surface area (Å²) in [6.07, 6.45) is 1.21. The first-order valence-electron chi connectivity index (χ1n) is 5.09. The van der Waals surface area contributed by atoms with Crippen LogP contribution in [0.2, 0.25) is 0 Å². The zero-order chi connectivity index (χ0) is 11.5. The molecule has 3 atom stereocenters. The van der Waals surface area contributed by atoms with Crippen molar-refractivity contribution in [3.8, 4) is 0 Å². The molecule has 4 N–H and O–H groups in total. The third kappa shape index (κ3) is 2.17. The number of primary amides is 1. The SMILES string of the molecule is NC(=O)C(C[C@H]1CNC[C@H]1O)n1ncnn1. The van der Waals surface area contributed by atoms with E-state index in [2.05, 4.69) is 20.7 Å². The minimum Gasteiger partial charge on any atom is -0.391 e. The fourth-order valence-electron chi connectivity index (χ4n) is 1.89. The van der Waals surface area contributed by atoms with Crippen LogP contribution in [0.5, 0.6) is 0 Å². The average Bonchev–Trinajstić information content (AvgIpc) is 2.85. The summed E-state index contributed by atoms with van der Waals surface area (Å²) in [6, 6.07) is -0.651. The van der Waals surface area contributed by atoms with Crippen LogP contribution in [0.3, 0.4) is 0 Å². The van der Waals surface area contributed by atoms with Crippen molar-refractivity contribution in [2.75, 3.05) is 13.1 Å². The lowest BCUT2D eigenvalue weighted by Crippen LogP contribution is -2.32. The first-order valence-corrected chi connectivity index (χ1v) is 5.09. The van der Waals surface area contributed by atoms with Crippen LogP contribution in [-0.4, -0.2) is 50.4 Å². The molecule has 1 fully saturated rings. The van der Waals surface area contributed by atoms with E-state index in [4.69, 9.17) is 5.73 Å². The zero-order valence-electron chi connectivity index (χ0n) is 8.65. The number of β-amino-alcohol motifs (C(OH)–C–C–N with tert-alkyl or cyclic N) is 1. The Bertz CT molecular complexity index is 353. The predicted octanol–water partition coefficient (Wildman–Crippen LogP) is -2.33. The molecule has 1 aliphatic rings. The number of rotatable bonds is 4. The van der Waals surface area contributed by atoms with Gasteiger partial charge in [-0.2, -0.15) is 4.80 Å². The number of carbonyl (C=O) groups is 1. The molecule has 1 unspecified atom stereocenters. The minimum absolute atomic E-state index is 0.0106. The van der Waals surface area contributed by atoms with Gasteiger partial charge in [0.1, 0.15) is 0 Å². The summed E-state index contributed by atoms with van der Waals surface area (Å²) < 4.78 is 0. The van der Waals surface area contributed by atoms with Crippen LogP contribution in [0.15, 0.2) is 6.33 Å². The van der Waals surface area contributed by atoms with Crippen LogP contribution in [0.25, 0.3) is 0 Å². The number of aliphatic hydroxyl groups is 1. The highest BCUT2D eigenvalue weighted by atomic mass is 16.3. The third-order valence-electron chi connectivity index (χ3n) is 2.80. The van der Waals surface area contributed by atoms with Gasteiger partial charge in [-0.3, -0.25) is 4.79 Å². The van der Waals surface area contributed by atoms with Gasteiger partial charge >= 0.3 is 0 Å². The van der Waals surface area contributed by atoms with Gasteiger partial charge in [-0.05, 0) is 11.6 Å². The lowest BCUT2D eigenvalue weighted by molar-refractivity contribution is -0.122.